The van der Waals surface area contributed by atoms with Crippen molar-refractivity contribution in [3.63, 3.8) is 0 Å². The summed E-state index contributed by atoms with van der Waals surface area (Å²) in [4.78, 5) is 19.6. The number of hydrogen-bond donors (Lipinski definition) is 1. The fourth-order valence-corrected chi connectivity index (χ4v) is 4.40. The van der Waals surface area contributed by atoms with Crippen molar-refractivity contribution in [3.05, 3.63) is 16.1 Å². The van der Waals surface area contributed by atoms with E-state index in [-0.39, 0.29) is 5.97 Å². The number of aryl methyl sites for hydroxylation is 1. The number of ether oxygens (including phenoxy) is 1. The summed E-state index contributed by atoms with van der Waals surface area (Å²) >= 11 is 1.73. The van der Waals surface area contributed by atoms with Gasteiger partial charge in [-0.2, -0.15) is 0 Å². The second-order valence-electron chi connectivity index (χ2n) is 6.19. The number of thiazole rings is 1. The van der Waals surface area contributed by atoms with Gasteiger partial charge in [-0.25, -0.2) is 4.98 Å². The van der Waals surface area contributed by atoms with Crippen LogP contribution in [0.2, 0.25) is 0 Å². The molecule has 3 rings (SSSR count). The number of methoxy groups -OCH3 is 1. The quantitative estimate of drug-likeness (QED) is 0.842. The van der Waals surface area contributed by atoms with Crippen molar-refractivity contribution < 1.29 is 9.53 Å². The predicted molar refractivity (Wildman–Crippen MR) is 87.0 cm³/mol. The van der Waals surface area contributed by atoms with Crippen molar-refractivity contribution in [1.82, 2.24) is 15.2 Å². The standard InChI is InChI=1S/C16H25N3O2S/c1-21-15(20)6-5-13-11-18-16(22-13)14-9-12(10-17-14)19-7-3-2-4-8-19/h11-12,14,17H,2-10H2,1H3/t12-,14-/m0/s1. The van der Waals surface area contributed by atoms with Crippen LogP contribution in [0.5, 0.6) is 0 Å². The van der Waals surface area contributed by atoms with Gasteiger partial charge in [0.05, 0.1) is 19.6 Å². The van der Waals surface area contributed by atoms with Crippen LogP contribution in [0, 0.1) is 0 Å². The molecule has 6 heteroatoms. The number of esters is 1. The average Bonchev–Trinajstić information content (AvgIpc) is 3.22. The van der Waals surface area contributed by atoms with E-state index in [1.165, 1.54) is 49.3 Å². The highest BCUT2D eigenvalue weighted by Gasteiger charge is 2.31. The Labute approximate surface area is 136 Å². The molecule has 1 N–H and O–H groups in total. The van der Waals surface area contributed by atoms with E-state index >= 15 is 0 Å². The molecule has 1 aromatic heterocycles. The molecule has 5 nitrogen and oxygen atoms in total. The number of likely N-dealkylation sites (tertiary alicyclic amines) is 1. The molecular weight excluding hydrogens is 298 g/mol. The van der Waals surface area contributed by atoms with Crippen molar-refractivity contribution in [2.75, 3.05) is 26.7 Å². The van der Waals surface area contributed by atoms with Crippen molar-refractivity contribution >= 4 is 17.3 Å². The highest BCUT2D eigenvalue weighted by molar-refractivity contribution is 7.11. The Morgan fingerprint density at radius 2 is 2.27 bits per heavy atom. The van der Waals surface area contributed by atoms with Crippen molar-refractivity contribution in [1.29, 1.82) is 0 Å². The summed E-state index contributed by atoms with van der Waals surface area (Å²) in [5, 5.41) is 4.79. The molecule has 0 aliphatic carbocycles. The van der Waals surface area contributed by atoms with E-state index in [1.807, 2.05) is 6.20 Å². The minimum Gasteiger partial charge on any atom is -0.469 e. The third kappa shape index (κ3) is 3.86. The molecule has 0 unspecified atom stereocenters. The molecule has 0 aromatic carbocycles. The first-order valence-corrected chi connectivity index (χ1v) is 9.07. The highest BCUT2D eigenvalue weighted by atomic mass is 32.1. The zero-order chi connectivity index (χ0) is 15.4. The lowest BCUT2D eigenvalue weighted by Crippen LogP contribution is -2.40. The van der Waals surface area contributed by atoms with Crippen LogP contribution in [-0.4, -0.2) is 48.6 Å². The number of hydrogen-bond acceptors (Lipinski definition) is 6. The third-order valence-corrected chi connectivity index (χ3v) is 5.86. The molecule has 3 heterocycles. The van der Waals surface area contributed by atoms with Gasteiger partial charge in [-0.3, -0.25) is 9.69 Å². The molecule has 0 bridgehead atoms. The van der Waals surface area contributed by atoms with Gasteiger partial charge in [-0.05, 0) is 38.8 Å². The lowest BCUT2D eigenvalue weighted by molar-refractivity contribution is -0.140. The Morgan fingerprint density at radius 1 is 1.45 bits per heavy atom. The number of carbonyl (C=O) groups is 1. The van der Waals surface area contributed by atoms with Crippen molar-refractivity contribution in [2.24, 2.45) is 0 Å². The molecule has 22 heavy (non-hydrogen) atoms. The van der Waals surface area contributed by atoms with E-state index in [2.05, 4.69) is 19.9 Å². The lowest BCUT2D eigenvalue weighted by atomic mass is 10.1. The number of nitrogens with zero attached hydrogens (tertiary/aromatic N) is 2. The highest BCUT2D eigenvalue weighted by Crippen LogP contribution is 2.30. The predicted octanol–water partition coefficient (Wildman–Crippen LogP) is 2.14. The van der Waals surface area contributed by atoms with Crippen LogP contribution in [0.1, 0.15) is 48.0 Å². The average molecular weight is 323 g/mol. The molecule has 0 amide bonds. The summed E-state index contributed by atoms with van der Waals surface area (Å²) in [6.07, 6.45) is 8.31. The van der Waals surface area contributed by atoms with Gasteiger partial charge in [0.15, 0.2) is 0 Å². The van der Waals surface area contributed by atoms with Gasteiger partial charge >= 0.3 is 5.97 Å². The summed E-state index contributed by atoms with van der Waals surface area (Å²) in [6.45, 7) is 3.57. The minimum atomic E-state index is -0.154. The van der Waals surface area contributed by atoms with E-state index in [0.29, 0.717) is 18.5 Å². The van der Waals surface area contributed by atoms with Crippen LogP contribution >= 0.6 is 11.3 Å². The molecule has 0 spiro atoms. The summed E-state index contributed by atoms with van der Waals surface area (Å²) < 4.78 is 4.69. The largest absolute Gasteiger partial charge is 0.469 e. The monoisotopic (exact) mass is 323 g/mol. The van der Waals surface area contributed by atoms with Crippen LogP contribution in [-0.2, 0) is 16.0 Å². The maximum atomic E-state index is 11.2. The summed E-state index contributed by atoms with van der Waals surface area (Å²) in [6, 6.07) is 1.04. The van der Waals surface area contributed by atoms with Crippen molar-refractivity contribution in [3.8, 4) is 0 Å². The molecule has 2 atom stereocenters. The van der Waals surface area contributed by atoms with Crippen LogP contribution in [0.3, 0.4) is 0 Å². The van der Waals surface area contributed by atoms with E-state index in [0.717, 1.165) is 19.4 Å². The fraction of sp³-hybridized carbons (Fsp3) is 0.750. The zero-order valence-corrected chi connectivity index (χ0v) is 14.0. The van der Waals surface area contributed by atoms with Gasteiger partial charge in [0.25, 0.3) is 0 Å². The van der Waals surface area contributed by atoms with E-state index in [4.69, 9.17) is 0 Å². The Morgan fingerprint density at radius 3 is 3.05 bits per heavy atom. The number of nitrogens with one attached hydrogen (secondary N) is 1. The minimum absolute atomic E-state index is 0.154. The van der Waals surface area contributed by atoms with E-state index in [9.17, 15) is 4.79 Å². The van der Waals surface area contributed by atoms with Gasteiger partial charge in [0.2, 0.25) is 0 Å². The lowest BCUT2D eigenvalue weighted by Gasteiger charge is -2.31. The molecule has 0 saturated carbocycles. The summed E-state index contributed by atoms with van der Waals surface area (Å²) in [5.74, 6) is -0.154. The van der Waals surface area contributed by atoms with Crippen LogP contribution < -0.4 is 5.32 Å². The van der Waals surface area contributed by atoms with E-state index in [1.54, 1.807) is 11.3 Å². The van der Waals surface area contributed by atoms with Crippen LogP contribution in [0.15, 0.2) is 6.20 Å². The number of carbonyl (C=O) groups excluding carboxylic acids is 1. The molecule has 0 radical (unpaired) electrons. The molecule has 2 saturated heterocycles. The second-order valence-corrected chi connectivity index (χ2v) is 7.33. The van der Waals surface area contributed by atoms with Gasteiger partial charge in [0.1, 0.15) is 5.01 Å². The normalized spacial score (nSPS) is 26.2. The number of piperidine rings is 1. The first-order chi connectivity index (χ1) is 10.8. The van der Waals surface area contributed by atoms with Gasteiger partial charge < -0.3 is 10.1 Å². The van der Waals surface area contributed by atoms with E-state index < -0.39 is 0 Å². The second kappa shape index (κ2) is 7.53. The zero-order valence-electron chi connectivity index (χ0n) is 13.2. The van der Waals surface area contributed by atoms with Crippen molar-refractivity contribution in [2.45, 2.75) is 50.6 Å². The molecular formula is C16H25N3O2S. The van der Waals surface area contributed by atoms with Crippen LogP contribution in [0.4, 0.5) is 0 Å². The fourth-order valence-electron chi connectivity index (χ4n) is 3.39. The molecule has 122 valence electrons. The number of rotatable bonds is 5. The third-order valence-electron chi connectivity index (χ3n) is 4.69. The van der Waals surface area contributed by atoms with Gasteiger partial charge in [-0.15, -0.1) is 11.3 Å². The Bertz CT molecular complexity index is 499. The first-order valence-electron chi connectivity index (χ1n) is 8.25. The topological polar surface area (TPSA) is 54.5 Å². The Kier molecular flexibility index (Phi) is 5.44. The summed E-state index contributed by atoms with van der Waals surface area (Å²) in [7, 11) is 1.43. The Hall–Kier alpha value is -0.980. The van der Waals surface area contributed by atoms with Gasteiger partial charge in [0, 0.05) is 23.7 Å². The smallest absolute Gasteiger partial charge is 0.305 e. The SMILES string of the molecule is COC(=O)CCc1cnc([C@@H]2C[C@H](N3CCCCC3)CN2)s1. The van der Waals surface area contributed by atoms with Gasteiger partial charge in [-0.1, -0.05) is 6.42 Å². The molecule has 2 fully saturated rings. The maximum absolute atomic E-state index is 11.2. The Balaban J connectivity index is 1.52. The first kappa shape index (κ1) is 15.9. The maximum Gasteiger partial charge on any atom is 0.305 e. The summed E-state index contributed by atoms with van der Waals surface area (Å²) in [5.41, 5.74) is 0. The number of aromatic nitrogens is 1. The molecule has 2 aliphatic rings. The molecule has 1 aromatic rings. The molecule has 2 aliphatic heterocycles. The van der Waals surface area contributed by atoms with Crippen LogP contribution in [0.25, 0.3) is 0 Å².